The van der Waals surface area contributed by atoms with E-state index in [0.29, 0.717) is 18.8 Å². The molecular formula is C14H12N2O3. The van der Waals surface area contributed by atoms with Crippen LogP contribution in [-0.2, 0) is 13.1 Å². The number of rotatable bonds is 4. The Morgan fingerprint density at radius 2 is 2.00 bits per heavy atom. The molecule has 0 saturated carbocycles. The highest BCUT2D eigenvalue weighted by atomic mass is 16.7. The molecule has 5 nitrogen and oxygen atoms in total. The summed E-state index contributed by atoms with van der Waals surface area (Å²) in [7, 11) is 0. The lowest BCUT2D eigenvalue weighted by molar-refractivity contribution is 0.174. The van der Waals surface area contributed by atoms with E-state index in [2.05, 4.69) is 5.32 Å². The van der Waals surface area contributed by atoms with E-state index in [1.165, 1.54) is 0 Å². The van der Waals surface area contributed by atoms with E-state index in [-0.39, 0.29) is 6.79 Å². The second kappa shape index (κ2) is 5.04. The Morgan fingerprint density at radius 3 is 2.84 bits per heavy atom. The Labute approximate surface area is 110 Å². The number of hydrogen-bond donors (Lipinski definition) is 1. The van der Waals surface area contributed by atoms with Gasteiger partial charge in [-0.1, -0.05) is 6.07 Å². The first kappa shape index (κ1) is 11.6. The average molecular weight is 256 g/mol. The standard InChI is InChI=1S/C14H12N2O3/c15-6-11-2-3-12(19-11)8-16-7-10-1-4-13-14(5-10)18-9-17-13/h1-5,16H,7-9H2. The molecule has 1 N–H and O–H groups in total. The van der Waals surface area contributed by atoms with Gasteiger partial charge in [-0.15, -0.1) is 0 Å². The summed E-state index contributed by atoms with van der Waals surface area (Å²) in [5.41, 5.74) is 1.11. The van der Waals surface area contributed by atoms with Crippen LogP contribution in [0, 0.1) is 11.3 Å². The molecule has 0 fully saturated rings. The van der Waals surface area contributed by atoms with Crippen LogP contribution >= 0.6 is 0 Å². The number of hydrogen-bond acceptors (Lipinski definition) is 5. The lowest BCUT2D eigenvalue weighted by Gasteiger charge is -2.04. The largest absolute Gasteiger partial charge is 0.454 e. The van der Waals surface area contributed by atoms with Crippen LogP contribution in [0.1, 0.15) is 17.1 Å². The minimum Gasteiger partial charge on any atom is -0.454 e. The second-order valence-electron chi connectivity index (χ2n) is 4.17. The van der Waals surface area contributed by atoms with Crippen molar-refractivity contribution in [1.29, 1.82) is 5.26 Å². The molecule has 1 aromatic carbocycles. The molecule has 0 aliphatic carbocycles. The summed E-state index contributed by atoms with van der Waals surface area (Å²) in [4.78, 5) is 0. The molecule has 0 radical (unpaired) electrons. The monoisotopic (exact) mass is 256 g/mol. The van der Waals surface area contributed by atoms with E-state index >= 15 is 0 Å². The van der Waals surface area contributed by atoms with Gasteiger partial charge in [0.25, 0.3) is 0 Å². The predicted octanol–water partition coefficient (Wildman–Crippen LogP) is 2.17. The first-order valence-corrected chi connectivity index (χ1v) is 5.93. The number of benzene rings is 1. The van der Waals surface area contributed by atoms with Gasteiger partial charge in [0.05, 0.1) is 6.54 Å². The van der Waals surface area contributed by atoms with Gasteiger partial charge in [0.1, 0.15) is 11.8 Å². The number of furan rings is 1. The molecule has 0 amide bonds. The SMILES string of the molecule is N#Cc1ccc(CNCc2ccc3c(c2)OCO3)o1. The fourth-order valence-electron chi connectivity index (χ4n) is 1.91. The summed E-state index contributed by atoms with van der Waals surface area (Å²) in [6, 6.07) is 11.3. The Hall–Kier alpha value is -2.45. The van der Waals surface area contributed by atoms with Crippen LogP contribution in [0.2, 0.25) is 0 Å². The van der Waals surface area contributed by atoms with E-state index in [0.717, 1.165) is 22.8 Å². The number of fused-ring (bicyclic) bond motifs is 1. The Balaban J connectivity index is 1.56. The van der Waals surface area contributed by atoms with Crippen molar-refractivity contribution in [3.8, 4) is 17.6 Å². The molecule has 0 unspecified atom stereocenters. The molecule has 1 aromatic heterocycles. The fraction of sp³-hybridized carbons (Fsp3) is 0.214. The zero-order valence-corrected chi connectivity index (χ0v) is 10.2. The summed E-state index contributed by atoms with van der Waals surface area (Å²) in [5.74, 6) is 2.65. The Kier molecular flexibility index (Phi) is 3.09. The molecule has 0 atom stereocenters. The summed E-state index contributed by atoms with van der Waals surface area (Å²) in [6.45, 7) is 1.56. The Morgan fingerprint density at radius 1 is 1.11 bits per heavy atom. The maximum Gasteiger partial charge on any atom is 0.231 e. The molecule has 0 saturated heterocycles. The molecule has 2 aromatic rings. The quantitative estimate of drug-likeness (QED) is 0.908. The highest BCUT2D eigenvalue weighted by Gasteiger charge is 2.12. The van der Waals surface area contributed by atoms with Gasteiger partial charge in [0.2, 0.25) is 12.6 Å². The van der Waals surface area contributed by atoms with Crippen molar-refractivity contribution in [2.75, 3.05) is 6.79 Å². The number of nitrogens with one attached hydrogen (secondary N) is 1. The number of nitrogens with zero attached hydrogens (tertiary/aromatic N) is 1. The fourth-order valence-corrected chi connectivity index (χ4v) is 1.91. The van der Waals surface area contributed by atoms with Gasteiger partial charge in [-0.3, -0.25) is 0 Å². The van der Waals surface area contributed by atoms with Crippen LogP contribution < -0.4 is 14.8 Å². The molecule has 3 rings (SSSR count). The third kappa shape index (κ3) is 2.54. The van der Waals surface area contributed by atoms with Gasteiger partial charge < -0.3 is 19.2 Å². The van der Waals surface area contributed by atoms with Crippen LogP contribution in [0.15, 0.2) is 34.7 Å². The molecule has 5 heteroatoms. The summed E-state index contributed by atoms with van der Waals surface area (Å²) < 4.78 is 15.8. The normalized spacial score (nSPS) is 12.4. The Bertz CT molecular complexity index is 628. The molecule has 0 bridgehead atoms. The van der Waals surface area contributed by atoms with E-state index < -0.39 is 0 Å². The van der Waals surface area contributed by atoms with Crippen LogP contribution in [-0.4, -0.2) is 6.79 Å². The van der Waals surface area contributed by atoms with Gasteiger partial charge in [-0.25, -0.2) is 0 Å². The number of ether oxygens (including phenoxy) is 2. The molecule has 1 aliphatic rings. The van der Waals surface area contributed by atoms with Crippen molar-refractivity contribution >= 4 is 0 Å². The van der Waals surface area contributed by atoms with E-state index in [4.69, 9.17) is 19.2 Å². The summed E-state index contributed by atoms with van der Waals surface area (Å²) in [5, 5.41) is 11.9. The molecule has 96 valence electrons. The van der Waals surface area contributed by atoms with E-state index in [1.54, 1.807) is 12.1 Å². The topological polar surface area (TPSA) is 67.4 Å². The minimum absolute atomic E-state index is 0.287. The third-order valence-corrected chi connectivity index (χ3v) is 2.84. The zero-order valence-electron chi connectivity index (χ0n) is 10.2. The second-order valence-corrected chi connectivity index (χ2v) is 4.17. The van der Waals surface area contributed by atoms with Crippen molar-refractivity contribution in [3.63, 3.8) is 0 Å². The summed E-state index contributed by atoms with van der Waals surface area (Å²) >= 11 is 0. The van der Waals surface area contributed by atoms with Crippen LogP contribution in [0.25, 0.3) is 0 Å². The average Bonchev–Trinajstić information content (AvgIpc) is 3.06. The van der Waals surface area contributed by atoms with Crippen molar-refractivity contribution < 1.29 is 13.9 Å². The highest BCUT2D eigenvalue weighted by Crippen LogP contribution is 2.32. The molecular weight excluding hydrogens is 244 g/mol. The molecule has 19 heavy (non-hydrogen) atoms. The van der Waals surface area contributed by atoms with Gasteiger partial charge in [0.15, 0.2) is 11.5 Å². The van der Waals surface area contributed by atoms with Crippen molar-refractivity contribution in [1.82, 2.24) is 5.32 Å². The van der Waals surface area contributed by atoms with Gasteiger partial charge >= 0.3 is 0 Å². The van der Waals surface area contributed by atoms with E-state index in [1.807, 2.05) is 24.3 Å². The third-order valence-electron chi connectivity index (χ3n) is 2.84. The maximum atomic E-state index is 8.65. The minimum atomic E-state index is 0.287. The molecule has 0 spiro atoms. The van der Waals surface area contributed by atoms with Crippen molar-refractivity contribution in [2.24, 2.45) is 0 Å². The maximum absolute atomic E-state index is 8.65. The van der Waals surface area contributed by atoms with Crippen molar-refractivity contribution in [3.05, 3.63) is 47.4 Å². The van der Waals surface area contributed by atoms with Crippen LogP contribution in [0.5, 0.6) is 11.5 Å². The first-order valence-electron chi connectivity index (χ1n) is 5.93. The summed E-state index contributed by atoms with van der Waals surface area (Å²) in [6.07, 6.45) is 0. The van der Waals surface area contributed by atoms with Crippen LogP contribution in [0.3, 0.4) is 0 Å². The zero-order chi connectivity index (χ0) is 13.1. The van der Waals surface area contributed by atoms with Crippen molar-refractivity contribution in [2.45, 2.75) is 13.1 Å². The van der Waals surface area contributed by atoms with Gasteiger partial charge in [0, 0.05) is 6.54 Å². The lowest BCUT2D eigenvalue weighted by atomic mass is 10.2. The smallest absolute Gasteiger partial charge is 0.231 e. The predicted molar refractivity (Wildman–Crippen MR) is 66.5 cm³/mol. The van der Waals surface area contributed by atoms with Gasteiger partial charge in [-0.05, 0) is 29.8 Å². The van der Waals surface area contributed by atoms with Gasteiger partial charge in [-0.2, -0.15) is 5.26 Å². The van der Waals surface area contributed by atoms with E-state index in [9.17, 15) is 0 Å². The first-order chi connectivity index (χ1) is 9.35. The highest BCUT2D eigenvalue weighted by molar-refractivity contribution is 5.44. The number of nitriles is 1. The lowest BCUT2D eigenvalue weighted by Crippen LogP contribution is -2.11. The molecule has 2 heterocycles. The molecule has 1 aliphatic heterocycles. The van der Waals surface area contributed by atoms with Crippen LogP contribution in [0.4, 0.5) is 0 Å².